The number of carbonyl (C=O) groups is 1. The maximum absolute atomic E-state index is 12.6. The molecular formula is C18H15NO2. The zero-order valence-electron chi connectivity index (χ0n) is 11.6. The highest BCUT2D eigenvalue weighted by atomic mass is 16.6. The van der Waals surface area contributed by atoms with E-state index in [1.807, 2.05) is 42.5 Å². The molecule has 3 aliphatic carbocycles. The molecule has 21 heavy (non-hydrogen) atoms. The Morgan fingerprint density at radius 1 is 1.14 bits per heavy atom. The first-order valence-electron chi connectivity index (χ1n) is 7.23. The van der Waals surface area contributed by atoms with Crippen LogP contribution in [0, 0.1) is 0 Å². The van der Waals surface area contributed by atoms with Gasteiger partial charge in [-0.25, -0.2) is 4.79 Å². The van der Waals surface area contributed by atoms with Gasteiger partial charge < -0.3 is 4.74 Å². The molecule has 4 rings (SSSR count). The summed E-state index contributed by atoms with van der Waals surface area (Å²) in [5, 5.41) is 0. The van der Waals surface area contributed by atoms with Crippen molar-refractivity contribution >= 4 is 5.97 Å². The molecule has 3 aliphatic rings. The van der Waals surface area contributed by atoms with Crippen molar-refractivity contribution in [3.05, 3.63) is 77.2 Å². The second kappa shape index (κ2) is 4.55. The number of aromatic nitrogens is 1. The number of nitrogens with zero attached hydrogens (tertiary/aromatic N) is 1. The Labute approximate surface area is 123 Å². The quantitative estimate of drug-likeness (QED) is 0.795. The van der Waals surface area contributed by atoms with E-state index in [-0.39, 0.29) is 5.97 Å². The van der Waals surface area contributed by atoms with E-state index in [2.05, 4.69) is 4.98 Å². The molecule has 0 saturated heterocycles. The van der Waals surface area contributed by atoms with Crippen LogP contribution < -0.4 is 0 Å². The summed E-state index contributed by atoms with van der Waals surface area (Å²) in [6.45, 7) is 0. The number of carbonyl (C=O) groups excluding carboxylic acids is 1. The molecule has 0 atom stereocenters. The van der Waals surface area contributed by atoms with Gasteiger partial charge in [0, 0.05) is 12.4 Å². The van der Waals surface area contributed by atoms with E-state index in [1.54, 1.807) is 12.4 Å². The fourth-order valence-corrected chi connectivity index (χ4v) is 3.10. The van der Waals surface area contributed by atoms with Crippen LogP contribution >= 0.6 is 0 Å². The lowest BCUT2D eigenvalue weighted by molar-refractivity contribution is -0.166. The van der Waals surface area contributed by atoms with Gasteiger partial charge in [-0.3, -0.25) is 4.98 Å². The molecule has 0 aliphatic heterocycles. The molecule has 0 unspecified atom stereocenters. The number of hydrogen-bond acceptors (Lipinski definition) is 3. The molecule has 3 heteroatoms. The first-order valence-corrected chi connectivity index (χ1v) is 7.23. The van der Waals surface area contributed by atoms with Crippen molar-refractivity contribution in [2.45, 2.75) is 24.9 Å². The smallest absolute Gasteiger partial charge is 0.339 e. The third kappa shape index (κ3) is 1.88. The molecule has 1 heterocycles. The monoisotopic (exact) mass is 277 g/mol. The van der Waals surface area contributed by atoms with Crippen molar-refractivity contribution < 1.29 is 9.53 Å². The fraction of sp³-hybridized carbons (Fsp3) is 0.222. The van der Waals surface area contributed by atoms with Crippen LogP contribution in [0.25, 0.3) is 0 Å². The molecule has 0 bridgehead atoms. The van der Waals surface area contributed by atoms with Gasteiger partial charge in [-0.2, -0.15) is 0 Å². The summed E-state index contributed by atoms with van der Waals surface area (Å²) < 4.78 is 5.92. The molecule has 0 N–H and O–H groups in total. The van der Waals surface area contributed by atoms with Crippen molar-refractivity contribution in [2.75, 3.05) is 0 Å². The summed E-state index contributed by atoms with van der Waals surface area (Å²) in [6, 6.07) is 3.88. The molecule has 0 amide bonds. The van der Waals surface area contributed by atoms with Gasteiger partial charge in [0.1, 0.15) is 5.60 Å². The molecule has 1 aromatic heterocycles. The third-order valence-corrected chi connectivity index (χ3v) is 4.45. The zero-order chi connectivity index (χ0) is 14.3. The van der Waals surface area contributed by atoms with Crippen LogP contribution in [-0.2, 0) is 15.1 Å². The maximum Gasteiger partial charge on any atom is 0.339 e. The molecule has 1 saturated carbocycles. The first kappa shape index (κ1) is 12.3. The second-order valence-corrected chi connectivity index (χ2v) is 5.62. The minimum atomic E-state index is -0.462. The van der Waals surface area contributed by atoms with E-state index in [0.29, 0.717) is 5.57 Å². The Hall–Kier alpha value is -2.42. The lowest BCUT2D eigenvalue weighted by Gasteiger charge is -2.41. The van der Waals surface area contributed by atoms with Gasteiger partial charge in [-0.05, 0) is 54.2 Å². The fourth-order valence-electron chi connectivity index (χ4n) is 3.10. The number of ether oxygens (including phenoxy) is 1. The SMILES string of the molecule is O=C(OC1(c2ccncc2)CCC1)C1=C2C=CC=C2C=C1. The maximum atomic E-state index is 12.6. The predicted molar refractivity (Wildman–Crippen MR) is 79.2 cm³/mol. The van der Waals surface area contributed by atoms with Gasteiger partial charge >= 0.3 is 5.97 Å². The minimum Gasteiger partial charge on any atom is -0.451 e. The van der Waals surface area contributed by atoms with Crippen molar-refractivity contribution in [1.29, 1.82) is 0 Å². The van der Waals surface area contributed by atoms with E-state index >= 15 is 0 Å². The van der Waals surface area contributed by atoms with Gasteiger partial charge in [0.15, 0.2) is 0 Å². The predicted octanol–water partition coefficient (Wildman–Crippen LogP) is 3.37. The van der Waals surface area contributed by atoms with Crippen LogP contribution in [0.2, 0.25) is 0 Å². The van der Waals surface area contributed by atoms with E-state index in [1.165, 1.54) is 0 Å². The van der Waals surface area contributed by atoms with Gasteiger partial charge in [0.25, 0.3) is 0 Å². The van der Waals surface area contributed by atoms with E-state index in [0.717, 1.165) is 36.0 Å². The van der Waals surface area contributed by atoms with Crippen LogP contribution in [0.3, 0.4) is 0 Å². The Morgan fingerprint density at radius 2 is 1.95 bits per heavy atom. The normalized spacial score (nSPS) is 21.0. The van der Waals surface area contributed by atoms with Crippen LogP contribution in [0.1, 0.15) is 24.8 Å². The third-order valence-electron chi connectivity index (χ3n) is 4.45. The summed E-state index contributed by atoms with van der Waals surface area (Å²) >= 11 is 0. The van der Waals surface area contributed by atoms with E-state index < -0.39 is 5.60 Å². The topological polar surface area (TPSA) is 39.2 Å². The van der Waals surface area contributed by atoms with Crippen LogP contribution in [-0.4, -0.2) is 11.0 Å². The van der Waals surface area contributed by atoms with Gasteiger partial charge in [-0.15, -0.1) is 0 Å². The Kier molecular flexibility index (Phi) is 2.67. The molecular weight excluding hydrogens is 262 g/mol. The number of esters is 1. The number of rotatable bonds is 3. The minimum absolute atomic E-state index is 0.229. The molecule has 0 spiro atoms. The largest absolute Gasteiger partial charge is 0.451 e. The average Bonchev–Trinajstić information content (AvgIpc) is 3.06. The zero-order valence-corrected chi connectivity index (χ0v) is 11.6. The van der Waals surface area contributed by atoms with Crippen molar-refractivity contribution in [1.82, 2.24) is 4.98 Å². The first-order chi connectivity index (χ1) is 10.3. The van der Waals surface area contributed by atoms with Crippen molar-refractivity contribution in [3.63, 3.8) is 0 Å². The van der Waals surface area contributed by atoms with Gasteiger partial charge in [0.2, 0.25) is 0 Å². The second-order valence-electron chi connectivity index (χ2n) is 5.62. The van der Waals surface area contributed by atoms with E-state index in [9.17, 15) is 4.79 Å². The van der Waals surface area contributed by atoms with E-state index in [4.69, 9.17) is 4.74 Å². The molecule has 3 nitrogen and oxygen atoms in total. The Bertz CT molecular complexity index is 719. The highest BCUT2D eigenvalue weighted by molar-refractivity contribution is 5.97. The highest BCUT2D eigenvalue weighted by Gasteiger charge is 2.43. The Balaban J connectivity index is 1.62. The molecule has 104 valence electrons. The Morgan fingerprint density at radius 3 is 2.67 bits per heavy atom. The van der Waals surface area contributed by atoms with Gasteiger partial charge in [-0.1, -0.05) is 24.3 Å². The van der Waals surface area contributed by atoms with Crippen LogP contribution in [0.15, 0.2) is 71.6 Å². The van der Waals surface area contributed by atoms with Gasteiger partial charge in [0.05, 0.1) is 5.57 Å². The standard InChI is InChI=1S/C18H15NO2/c20-17(16-6-5-13-3-1-4-15(13)16)21-18(9-2-10-18)14-7-11-19-12-8-14/h1,3-8,11-12H,2,9-10H2. The molecule has 1 fully saturated rings. The highest BCUT2D eigenvalue weighted by Crippen LogP contribution is 2.45. The van der Waals surface area contributed by atoms with Crippen LogP contribution in [0.4, 0.5) is 0 Å². The summed E-state index contributed by atoms with van der Waals surface area (Å²) in [7, 11) is 0. The van der Waals surface area contributed by atoms with Crippen molar-refractivity contribution in [3.8, 4) is 0 Å². The van der Waals surface area contributed by atoms with Crippen molar-refractivity contribution in [2.24, 2.45) is 0 Å². The molecule has 0 aromatic carbocycles. The lowest BCUT2D eigenvalue weighted by atomic mass is 9.75. The summed E-state index contributed by atoms with van der Waals surface area (Å²) in [4.78, 5) is 16.6. The number of pyridine rings is 1. The average molecular weight is 277 g/mol. The summed E-state index contributed by atoms with van der Waals surface area (Å²) in [5.41, 5.74) is 3.31. The summed E-state index contributed by atoms with van der Waals surface area (Å²) in [6.07, 6.45) is 16.1. The number of hydrogen-bond donors (Lipinski definition) is 0. The van der Waals surface area contributed by atoms with Crippen LogP contribution in [0.5, 0.6) is 0 Å². The molecule has 1 aromatic rings. The number of fused-ring (bicyclic) bond motifs is 1. The summed E-state index contributed by atoms with van der Waals surface area (Å²) in [5.74, 6) is -0.229. The number of allylic oxidation sites excluding steroid dienone is 6. The molecule has 0 radical (unpaired) electrons. The lowest BCUT2D eigenvalue weighted by Crippen LogP contribution is -2.39.